The molecule has 0 saturated heterocycles. The van der Waals surface area contributed by atoms with Crippen LogP contribution in [0.1, 0.15) is 35.9 Å². The summed E-state index contributed by atoms with van der Waals surface area (Å²) in [5.41, 5.74) is 9.56. The molecule has 1 aromatic heterocycles. The van der Waals surface area contributed by atoms with E-state index in [4.69, 9.17) is 5.73 Å². The van der Waals surface area contributed by atoms with Crippen LogP contribution >= 0.6 is 11.8 Å². The smallest absolute Gasteiger partial charge is 0.132 e. The van der Waals surface area contributed by atoms with Gasteiger partial charge in [-0.05, 0) is 25.8 Å². The van der Waals surface area contributed by atoms with Crippen molar-refractivity contribution in [2.24, 2.45) is 0 Å². The number of hydrogen-bond donors (Lipinski definition) is 1. The summed E-state index contributed by atoms with van der Waals surface area (Å²) in [4.78, 5) is 8.98. The van der Waals surface area contributed by atoms with Crippen LogP contribution in [0.15, 0.2) is 29.3 Å². The number of nitrogens with zero attached hydrogens (tertiary/aromatic N) is 2. The Kier molecular flexibility index (Phi) is 5.01. The Bertz CT molecular complexity index is 596. The first-order valence-electron chi connectivity index (χ1n) is 6.91. The Labute approximate surface area is 125 Å². The highest BCUT2D eigenvalue weighted by Gasteiger charge is 2.09. The van der Waals surface area contributed by atoms with Crippen molar-refractivity contribution in [1.29, 1.82) is 0 Å². The number of aromatic nitrogens is 2. The monoisotopic (exact) mass is 287 g/mol. The molecular formula is C16H21N3S. The zero-order valence-electron chi connectivity index (χ0n) is 12.3. The molecule has 0 amide bonds. The molecule has 0 aliphatic heterocycles. The molecule has 1 heterocycles. The molecule has 0 atom stereocenters. The van der Waals surface area contributed by atoms with Crippen molar-refractivity contribution in [2.45, 2.75) is 44.4 Å². The third-order valence-electron chi connectivity index (χ3n) is 3.12. The van der Waals surface area contributed by atoms with Gasteiger partial charge in [-0.1, -0.05) is 36.8 Å². The van der Waals surface area contributed by atoms with Crippen LogP contribution in [0.5, 0.6) is 0 Å². The van der Waals surface area contributed by atoms with Crippen LogP contribution in [0.25, 0.3) is 0 Å². The third-order valence-corrected chi connectivity index (χ3v) is 4.27. The zero-order chi connectivity index (χ0) is 14.5. The van der Waals surface area contributed by atoms with Crippen LogP contribution in [0, 0.1) is 13.8 Å². The predicted octanol–water partition coefficient (Wildman–Crippen LogP) is 3.92. The van der Waals surface area contributed by atoms with E-state index in [1.807, 2.05) is 6.92 Å². The van der Waals surface area contributed by atoms with Gasteiger partial charge in [-0.15, -0.1) is 11.8 Å². The van der Waals surface area contributed by atoms with Crippen molar-refractivity contribution in [2.75, 3.05) is 5.73 Å². The van der Waals surface area contributed by atoms with Crippen molar-refractivity contribution in [3.05, 3.63) is 46.8 Å². The molecule has 0 radical (unpaired) electrons. The highest BCUT2D eigenvalue weighted by Crippen LogP contribution is 2.27. The maximum atomic E-state index is 5.98. The maximum absolute atomic E-state index is 5.98. The quantitative estimate of drug-likeness (QED) is 0.669. The van der Waals surface area contributed by atoms with Crippen LogP contribution in [0.3, 0.4) is 0 Å². The topological polar surface area (TPSA) is 51.8 Å². The van der Waals surface area contributed by atoms with E-state index in [-0.39, 0.29) is 0 Å². The lowest BCUT2D eigenvalue weighted by Crippen LogP contribution is -2.04. The van der Waals surface area contributed by atoms with Crippen LogP contribution < -0.4 is 5.73 Å². The van der Waals surface area contributed by atoms with Gasteiger partial charge in [-0.25, -0.2) is 9.97 Å². The lowest BCUT2D eigenvalue weighted by molar-refractivity contribution is 0.805. The summed E-state index contributed by atoms with van der Waals surface area (Å²) < 4.78 is 0. The summed E-state index contributed by atoms with van der Waals surface area (Å²) in [5.74, 6) is 2.36. The third kappa shape index (κ3) is 3.73. The first kappa shape index (κ1) is 14.9. The SMILES string of the molecule is CCCc1nc(N)c(C)c(SCc2cccc(C)c2)n1. The molecule has 2 rings (SSSR count). The molecule has 4 heteroatoms. The number of nitrogens with two attached hydrogens (primary N) is 1. The molecular weight excluding hydrogens is 266 g/mol. The molecule has 0 spiro atoms. The molecule has 106 valence electrons. The lowest BCUT2D eigenvalue weighted by Gasteiger charge is -2.09. The molecule has 2 N–H and O–H groups in total. The molecule has 3 nitrogen and oxygen atoms in total. The van der Waals surface area contributed by atoms with Gasteiger partial charge in [0.2, 0.25) is 0 Å². The standard InChI is InChI=1S/C16H21N3S/c1-4-6-14-18-15(17)12(3)16(19-14)20-10-13-8-5-7-11(2)9-13/h5,7-9H,4,6,10H2,1-3H3,(H2,17,18,19). The molecule has 1 aromatic carbocycles. The fraction of sp³-hybridized carbons (Fsp3) is 0.375. The summed E-state index contributed by atoms with van der Waals surface area (Å²) in [7, 11) is 0. The minimum absolute atomic E-state index is 0.607. The summed E-state index contributed by atoms with van der Waals surface area (Å²) in [5, 5.41) is 1.00. The van der Waals surface area contributed by atoms with E-state index in [9.17, 15) is 0 Å². The number of anilines is 1. The summed E-state index contributed by atoms with van der Waals surface area (Å²) in [6.07, 6.45) is 1.91. The van der Waals surface area contributed by atoms with Crippen molar-refractivity contribution in [1.82, 2.24) is 9.97 Å². The minimum Gasteiger partial charge on any atom is -0.383 e. The second-order valence-electron chi connectivity index (χ2n) is 4.98. The molecule has 2 aromatic rings. The van der Waals surface area contributed by atoms with E-state index in [2.05, 4.69) is 48.1 Å². The van der Waals surface area contributed by atoms with Gasteiger partial charge in [-0.2, -0.15) is 0 Å². The van der Waals surface area contributed by atoms with Gasteiger partial charge >= 0.3 is 0 Å². The predicted molar refractivity (Wildman–Crippen MR) is 85.9 cm³/mol. The molecule has 0 bridgehead atoms. The fourth-order valence-corrected chi connectivity index (χ4v) is 2.96. The zero-order valence-corrected chi connectivity index (χ0v) is 13.1. The first-order valence-corrected chi connectivity index (χ1v) is 7.90. The highest BCUT2D eigenvalue weighted by atomic mass is 32.2. The van der Waals surface area contributed by atoms with Crippen molar-refractivity contribution in [3.8, 4) is 0 Å². The molecule has 0 aliphatic rings. The minimum atomic E-state index is 0.607. The van der Waals surface area contributed by atoms with E-state index in [1.54, 1.807) is 11.8 Å². The molecule has 0 unspecified atom stereocenters. The normalized spacial score (nSPS) is 10.8. The van der Waals surface area contributed by atoms with Crippen molar-refractivity contribution < 1.29 is 0 Å². The molecule has 20 heavy (non-hydrogen) atoms. The summed E-state index contributed by atoms with van der Waals surface area (Å²) >= 11 is 1.73. The van der Waals surface area contributed by atoms with Gasteiger partial charge in [0.15, 0.2) is 0 Å². The number of hydrogen-bond acceptors (Lipinski definition) is 4. The largest absolute Gasteiger partial charge is 0.383 e. The first-order chi connectivity index (χ1) is 9.60. The summed E-state index contributed by atoms with van der Waals surface area (Å²) in [6.45, 7) is 6.23. The van der Waals surface area contributed by atoms with E-state index in [0.29, 0.717) is 5.82 Å². The van der Waals surface area contributed by atoms with Gasteiger partial charge in [0.1, 0.15) is 16.7 Å². The Morgan fingerprint density at radius 1 is 1.20 bits per heavy atom. The van der Waals surface area contributed by atoms with Crippen molar-refractivity contribution in [3.63, 3.8) is 0 Å². The Balaban J connectivity index is 2.16. The lowest BCUT2D eigenvalue weighted by atomic mass is 10.2. The van der Waals surface area contributed by atoms with Crippen LogP contribution in [-0.4, -0.2) is 9.97 Å². The van der Waals surface area contributed by atoms with Crippen LogP contribution in [0.2, 0.25) is 0 Å². The molecule has 0 fully saturated rings. The molecule has 0 saturated carbocycles. The number of rotatable bonds is 5. The average Bonchev–Trinajstić information content (AvgIpc) is 2.41. The fourth-order valence-electron chi connectivity index (χ4n) is 1.99. The second-order valence-corrected chi connectivity index (χ2v) is 5.95. The van der Waals surface area contributed by atoms with E-state index in [1.165, 1.54) is 11.1 Å². The number of aryl methyl sites for hydroxylation is 2. The maximum Gasteiger partial charge on any atom is 0.132 e. The van der Waals surface area contributed by atoms with Gasteiger partial charge in [0.25, 0.3) is 0 Å². The van der Waals surface area contributed by atoms with Crippen LogP contribution in [0.4, 0.5) is 5.82 Å². The molecule has 0 aliphatic carbocycles. The second kappa shape index (κ2) is 6.75. The number of nitrogen functional groups attached to an aromatic ring is 1. The van der Waals surface area contributed by atoms with Gasteiger partial charge in [0.05, 0.1) is 0 Å². The van der Waals surface area contributed by atoms with Gasteiger partial charge in [-0.3, -0.25) is 0 Å². The summed E-state index contributed by atoms with van der Waals surface area (Å²) in [6, 6.07) is 8.56. The Morgan fingerprint density at radius 3 is 2.70 bits per heavy atom. The number of benzene rings is 1. The van der Waals surface area contributed by atoms with Crippen LogP contribution in [-0.2, 0) is 12.2 Å². The van der Waals surface area contributed by atoms with Crippen molar-refractivity contribution >= 4 is 17.6 Å². The van der Waals surface area contributed by atoms with E-state index in [0.717, 1.165) is 35.0 Å². The highest BCUT2D eigenvalue weighted by molar-refractivity contribution is 7.98. The van der Waals surface area contributed by atoms with E-state index < -0.39 is 0 Å². The van der Waals surface area contributed by atoms with Gasteiger partial charge < -0.3 is 5.73 Å². The van der Waals surface area contributed by atoms with E-state index >= 15 is 0 Å². The Hall–Kier alpha value is -1.55. The number of thioether (sulfide) groups is 1. The average molecular weight is 287 g/mol. The van der Waals surface area contributed by atoms with Gasteiger partial charge in [0, 0.05) is 17.7 Å². The Morgan fingerprint density at radius 2 is 2.00 bits per heavy atom.